The van der Waals surface area contributed by atoms with E-state index in [1.54, 1.807) is 0 Å². The van der Waals surface area contributed by atoms with Gasteiger partial charge in [0.15, 0.2) is 0 Å². The molecule has 5 aromatic rings. The standard InChI is InChI=1S/C32H27BN2/c1-22-16-18-35-31(19-22)33-28-12-5-4-11-26(28)27-15-14-24(21-29(27)33)23-9-8-10-25(20-23)32(2,3)30-13-6-7-17-34-30/h4-21H,1-3H3/i4D,8D. The lowest BCUT2D eigenvalue weighted by atomic mass is 9.40. The first-order chi connectivity index (χ1) is 17.8. The van der Waals surface area contributed by atoms with Crippen LogP contribution in [0.25, 0.3) is 22.3 Å². The molecule has 0 atom stereocenters. The van der Waals surface area contributed by atoms with Gasteiger partial charge < -0.3 is 0 Å². The van der Waals surface area contributed by atoms with Crippen LogP contribution in [0.3, 0.4) is 0 Å². The maximum absolute atomic E-state index is 8.60. The molecular weight excluding hydrogens is 423 g/mol. The number of pyridine rings is 2. The van der Waals surface area contributed by atoms with Gasteiger partial charge >= 0.3 is 0 Å². The summed E-state index contributed by atoms with van der Waals surface area (Å²) in [5.74, 6) is 0. The first-order valence-electron chi connectivity index (χ1n) is 13.0. The first kappa shape index (κ1) is 19.3. The molecule has 3 heteroatoms. The average molecular weight is 452 g/mol. The molecule has 2 aromatic heterocycles. The van der Waals surface area contributed by atoms with Crippen LogP contribution in [0.5, 0.6) is 0 Å². The highest BCUT2D eigenvalue weighted by molar-refractivity contribution is 6.98. The summed E-state index contributed by atoms with van der Waals surface area (Å²) in [6, 6.07) is 29.7. The second kappa shape index (κ2) is 8.35. The van der Waals surface area contributed by atoms with Gasteiger partial charge in [-0.3, -0.25) is 9.97 Å². The van der Waals surface area contributed by atoms with Crippen LogP contribution in [0, 0.1) is 6.92 Å². The Labute approximate surface area is 210 Å². The van der Waals surface area contributed by atoms with E-state index >= 15 is 0 Å². The molecule has 0 fully saturated rings. The quantitative estimate of drug-likeness (QED) is 0.341. The second-order valence-electron chi connectivity index (χ2n) is 9.86. The van der Waals surface area contributed by atoms with Gasteiger partial charge in [-0.15, -0.1) is 0 Å². The minimum absolute atomic E-state index is 0.00839. The van der Waals surface area contributed by atoms with Crippen LogP contribution in [0.2, 0.25) is 0 Å². The Morgan fingerprint density at radius 3 is 2.40 bits per heavy atom. The Hall–Kier alpha value is -3.98. The normalized spacial score (nSPS) is 13.2. The molecule has 0 unspecified atom stereocenters. The van der Waals surface area contributed by atoms with Crippen molar-refractivity contribution in [1.82, 2.24) is 9.97 Å². The Bertz CT molecular complexity index is 1650. The van der Waals surface area contributed by atoms with Gasteiger partial charge in [0.05, 0.1) is 8.44 Å². The summed E-state index contributed by atoms with van der Waals surface area (Å²) in [7, 11) is 0. The maximum Gasteiger partial charge on any atom is 0.266 e. The van der Waals surface area contributed by atoms with Crippen LogP contribution < -0.4 is 16.5 Å². The Morgan fingerprint density at radius 1 is 0.714 bits per heavy atom. The monoisotopic (exact) mass is 452 g/mol. The van der Waals surface area contributed by atoms with E-state index in [0.29, 0.717) is 12.1 Å². The van der Waals surface area contributed by atoms with Crippen LogP contribution in [0.4, 0.5) is 0 Å². The molecule has 0 amide bonds. The number of rotatable bonds is 4. The number of benzene rings is 3. The highest BCUT2D eigenvalue weighted by atomic mass is 14.7. The largest absolute Gasteiger partial charge is 0.270 e. The molecule has 0 radical (unpaired) electrons. The van der Waals surface area contributed by atoms with Crippen molar-refractivity contribution in [2.75, 3.05) is 0 Å². The van der Waals surface area contributed by atoms with Gasteiger partial charge in [0, 0.05) is 23.4 Å². The van der Waals surface area contributed by atoms with Gasteiger partial charge in [-0.2, -0.15) is 0 Å². The third-order valence-corrected chi connectivity index (χ3v) is 7.24. The van der Waals surface area contributed by atoms with Crippen molar-refractivity contribution in [1.29, 1.82) is 0 Å². The number of fused-ring (bicyclic) bond motifs is 3. The molecule has 6 rings (SSSR count). The molecule has 168 valence electrons. The third kappa shape index (κ3) is 3.68. The first-order valence-corrected chi connectivity index (χ1v) is 12.0. The van der Waals surface area contributed by atoms with Crippen LogP contribution in [0.1, 0.15) is 33.4 Å². The Morgan fingerprint density at radius 2 is 1.57 bits per heavy atom. The number of aromatic nitrogens is 2. The van der Waals surface area contributed by atoms with Crippen molar-refractivity contribution >= 4 is 23.2 Å². The molecule has 0 N–H and O–H groups in total. The minimum Gasteiger partial charge on any atom is -0.270 e. The molecule has 1 aliphatic rings. The fourth-order valence-electron chi connectivity index (χ4n) is 5.24. The van der Waals surface area contributed by atoms with Crippen molar-refractivity contribution in [3.8, 4) is 22.3 Å². The van der Waals surface area contributed by atoms with Gasteiger partial charge in [-0.25, -0.2) is 0 Å². The highest BCUT2D eigenvalue weighted by Crippen LogP contribution is 2.33. The second-order valence-corrected chi connectivity index (χ2v) is 9.86. The topological polar surface area (TPSA) is 25.8 Å². The van der Waals surface area contributed by atoms with Crippen LogP contribution in [0.15, 0.2) is 109 Å². The molecule has 0 spiro atoms. The molecule has 0 aliphatic carbocycles. The van der Waals surface area contributed by atoms with Gasteiger partial charge in [0.1, 0.15) is 0 Å². The van der Waals surface area contributed by atoms with E-state index in [-0.39, 0.29) is 12.1 Å². The SMILES string of the molecule is [2H]c1cc(-c2ccc3c(c2)B(c2cc(C)ccn2)c2ccc([2H])cc2-3)cc(C(C)(C)c2ccccn2)c1. The maximum atomic E-state index is 8.60. The van der Waals surface area contributed by atoms with E-state index in [2.05, 4.69) is 62.2 Å². The third-order valence-electron chi connectivity index (χ3n) is 7.24. The zero-order valence-electron chi connectivity index (χ0n) is 22.2. The summed E-state index contributed by atoms with van der Waals surface area (Å²) < 4.78 is 16.8. The van der Waals surface area contributed by atoms with Crippen molar-refractivity contribution < 1.29 is 2.74 Å². The van der Waals surface area contributed by atoms with E-state index in [1.165, 1.54) is 16.5 Å². The van der Waals surface area contributed by atoms with E-state index in [4.69, 9.17) is 7.73 Å². The summed E-state index contributed by atoms with van der Waals surface area (Å²) >= 11 is 0. The van der Waals surface area contributed by atoms with Crippen LogP contribution >= 0.6 is 0 Å². The predicted octanol–water partition coefficient (Wildman–Crippen LogP) is 5.27. The Kier molecular flexibility index (Phi) is 4.62. The van der Waals surface area contributed by atoms with E-state index in [1.807, 2.05) is 60.9 Å². The average Bonchev–Trinajstić information content (AvgIpc) is 3.21. The molecule has 3 heterocycles. The lowest BCUT2D eigenvalue weighted by Crippen LogP contribution is -2.50. The lowest BCUT2D eigenvalue weighted by molar-refractivity contribution is 0.617. The lowest BCUT2D eigenvalue weighted by Gasteiger charge is -2.25. The molecule has 3 aromatic carbocycles. The van der Waals surface area contributed by atoms with Crippen molar-refractivity contribution in [2.45, 2.75) is 26.2 Å². The van der Waals surface area contributed by atoms with Gasteiger partial charge in [0.25, 0.3) is 6.71 Å². The molecule has 0 saturated heterocycles. The fourth-order valence-corrected chi connectivity index (χ4v) is 5.24. The fraction of sp³-hybridized carbons (Fsp3) is 0.125. The summed E-state index contributed by atoms with van der Waals surface area (Å²) in [4.78, 5) is 9.36. The molecule has 0 saturated carbocycles. The summed E-state index contributed by atoms with van der Waals surface area (Å²) in [6.45, 7) is 6.42. The van der Waals surface area contributed by atoms with Gasteiger partial charge in [0.2, 0.25) is 0 Å². The van der Waals surface area contributed by atoms with Gasteiger partial charge in [-0.1, -0.05) is 97.5 Å². The van der Waals surface area contributed by atoms with E-state index in [0.717, 1.165) is 39.1 Å². The van der Waals surface area contributed by atoms with Crippen LogP contribution in [-0.2, 0) is 5.41 Å². The molecule has 2 nitrogen and oxygen atoms in total. The summed E-state index contributed by atoms with van der Waals surface area (Å²) in [5, 5.41) is 0. The van der Waals surface area contributed by atoms with E-state index < -0.39 is 0 Å². The number of hydrogen-bond acceptors (Lipinski definition) is 2. The van der Waals surface area contributed by atoms with Crippen molar-refractivity contribution in [3.63, 3.8) is 0 Å². The van der Waals surface area contributed by atoms with Crippen molar-refractivity contribution in [2.24, 2.45) is 0 Å². The molecule has 0 bridgehead atoms. The number of hydrogen-bond donors (Lipinski definition) is 0. The number of nitrogens with zero attached hydrogens (tertiary/aromatic N) is 2. The highest BCUT2D eigenvalue weighted by Gasteiger charge is 2.34. The minimum atomic E-state index is -0.335. The molecule has 35 heavy (non-hydrogen) atoms. The zero-order valence-corrected chi connectivity index (χ0v) is 20.2. The van der Waals surface area contributed by atoms with E-state index in [9.17, 15) is 0 Å². The predicted molar refractivity (Wildman–Crippen MR) is 147 cm³/mol. The van der Waals surface area contributed by atoms with Gasteiger partial charge in [-0.05, 0) is 64.6 Å². The van der Waals surface area contributed by atoms with Crippen molar-refractivity contribution in [3.05, 3.63) is 126 Å². The summed E-state index contributed by atoms with van der Waals surface area (Å²) in [5.41, 5.74) is 10.6. The smallest absolute Gasteiger partial charge is 0.266 e. The Balaban J connectivity index is 1.50. The number of aryl methyl sites for hydroxylation is 1. The molecular formula is C32H27BN2. The van der Waals surface area contributed by atoms with Crippen LogP contribution in [-0.4, -0.2) is 16.7 Å². The zero-order chi connectivity index (χ0) is 25.7. The molecule has 1 aliphatic heterocycles. The summed E-state index contributed by atoms with van der Waals surface area (Å²) in [6.07, 6.45) is 3.70.